The van der Waals surface area contributed by atoms with Gasteiger partial charge in [0.05, 0.1) is 15.6 Å². The van der Waals surface area contributed by atoms with Crippen LogP contribution in [0.5, 0.6) is 0 Å². The molecule has 10 heteroatoms. The average molecular weight is 511 g/mol. The van der Waals surface area contributed by atoms with Crippen molar-refractivity contribution in [3.63, 3.8) is 0 Å². The highest BCUT2D eigenvalue weighted by molar-refractivity contribution is 7.80. The summed E-state index contributed by atoms with van der Waals surface area (Å²) in [4.78, 5) is 17.0. The second-order valence-corrected chi connectivity index (χ2v) is 9.06. The Hall–Kier alpha value is -3.63. The summed E-state index contributed by atoms with van der Waals surface area (Å²) in [6.45, 7) is 1.50. The molecule has 0 fully saturated rings. The zero-order valence-electron chi connectivity index (χ0n) is 18.4. The lowest BCUT2D eigenvalue weighted by Gasteiger charge is -2.12. The summed E-state index contributed by atoms with van der Waals surface area (Å²) in [6, 6.07) is 18.5. The number of aromatic nitrogens is 1. The lowest BCUT2D eigenvalue weighted by atomic mass is 10.0. The fourth-order valence-corrected chi connectivity index (χ4v) is 4.47. The van der Waals surface area contributed by atoms with Crippen LogP contribution in [0.25, 0.3) is 27.5 Å². The Labute approximate surface area is 208 Å². The van der Waals surface area contributed by atoms with Gasteiger partial charge in [0.25, 0.3) is 5.91 Å². The molecule has 1 unspecified atom stereocenters. The lowest BCUT2D eigenvalue weighted by molar-refractivity contribution is -0.114. The van der Waals surface area contributed by atoms with Crippen LogP contribution in [-0.2, 0) is 20.2 Å². The maximum atomic E-state index is 15.0. The first-order valence-corrected chi connectivity index (χ1v) is 11.8. The molecule has 1 atom stereocenters. The van der Waals surface area contributed by atoms with Crippen LogP contribution in [0, 0.1) is 0 Å². The number of hydrogen-bond acceptors (Lipinski definition) is 6. The molecular weight excluding hydrogens is 491 g/mol. The highest BCUT2D eigenvalue weighted by atomic mass is 35.5. The van der Waals surface area contributed by atoms with Crippen LogP contribution < -0.4 is 16.9 Å². The number of nitrogens with one attached hydrogen (secondary N) is 1. The van der Waals surface area contributed by atoms with Gasteiger partial charge in [0.2, 0.25) is 11.1 Å². The number of benzene rings is 3. The molecule has 3 aromatic carbocycles. The van der Waals surface area contributed by atoms with Crippen molar-refractivity contribution in [3.8, 4) is 11.1 Å². The highest BCUT2D eigenvalue weighted by Gasteiger charge is 2.17. The van der Waals surface area contributed by atoms with Gasteiger partial charge < -0.3 is 11.1 Å². The molecule has 0 aliphatic carbocycles. The Morgan fingerprint density at radius 3 is 2.63 bits per heavy atom. The quantitative estimate of drug-likeness (QED) is 0.236. The van der Waals surface area contributed by atoms with Crippen LogP contribution in [0.2, 0.25) is 5.02 Å². The molecule has 0 bridgehead atoms. The zero-order valence-corrected chi connectivity index (χ0v) is 20.0. The third kappa shape index (κ3) is 5.08. The molecule has 1 amide bonds. The van der Waals surface area contributed by atoms with E-state index in [9.17, 15) is 9.00 Å². The number of anilines is 2. The van der Waals surface area contributed by atoms with Gasteiger partial charge in [0, 0.05) is 17.1 Å². The van der Waals surface area contributed by atoms with Crippen molar-refractivity contribution in [2.45, 2.75) is 11.8 Å². The normalized spacial score (nSPS) is 12.8. The van der Waals surface area contributed by atoms with Gasteiger partial charge in [-0.25, -0.2) is 13.6 Å². The van der Waals surface area contributed by atoms with Gasteiger partial charge in [-0.15, -0.1) is 0 Å². The van der Waals surface area contributed by atoms with Crippen molar-refractivity contribution in [1.29, 1.82) is 0 Å². The SMILES string of the molecule is CC(=C(F)C(=O)Nc1ccc(-c2ccccc2S(=O)ON)cc1Cl)c1ccc2ccnc(N)c2c1. The molecule has 0 spiro atoms. The number of nitrogens with two attached hydrogens (primary N) is 2. The average Bonchev–Trinajstić information content (AvgIpc) is 2.88. The van der Waals surface area contributed by atoms with Crippen LogP contribution in [0.4, 0.5) is 15.9 Å². The lowest BCUT2D eigenvalue weighted by Crippen LogP contribution is -2.13. The van der Waals surface area contributed by atoms with E-state index < -0.39 is 22.8 Å². The van der Waals surface area contributed by atoms with E-state index in [2.05, 4.69) is 14.6 Å². The highest BCUT2D eigenvalue weighted by Crippen LogP contribution is 2.33. The fourth-order valence-electron chi connectivity index (χ4n) is 3.58. The molecular formula is C25H20ClFN4O3S. The molecule has 178 valence electrons. The number of nitrogens with zero attached hydrogens (tertiary/aromatic N) is 1. The summed E-state index contributed by atoms with van der Waals surface area (Å²) in [7, 11) is 0. The number of fused-ring (bicyclic) bond motifs is 1. The largest absolute Gasteiger partial charge is 0.383 e. The molecule has 4 aromatic rings. The number of rotatable bonds is 6. The third-order valence-electron chi connectivity index (χ3n) is 5.44. The number of nitrogen functional groups attached to an aromatic ring is 1. The first kappa shape index (κ1) is 24.5. The Balaban J connectivity index is 1.60. The van der Waals surface area contributed by atoms with Crippen LogP contribution >= 0.6 is 11.6 Å². The number of amides is 1. The minimum Gasteiger partial charge on any atom is -0.383 e. The van der Waals surface area contributed by atoms with Crippen molar-refractivity contribution in [3.05, 3.63) is 89.3 Å². The Morgan fingerprint density at radius 2 is 1.89 bits per heavy atom. The molecule has 35 heavy (non-hydrogen) atoms. The fraction of sp³-hybridized carbons (Fsp3) is 0.0400. The molecule has 1 aromatic heterocycles. The predicted molar refractivity (Wildman–Crippen MR) is 137 cm³/mol. The maximum absolute atomic E-state index is 15.0. The summed E-state index contributed by atoms with van der Waals surface area (Å²) in [5, 5.41) is 4.18. The Morgan fingerprint density at radius 1 is 1.11 bits per heavy atom. The molecule has 0 radical (unpaired) electrons. The minimum absolute atomic E-state index is 0.138. The summed E-state index contributed by atoms with van der Waals surface area (Å²) in [5.41, 5.74) is 7.97. The van der Waals surface area contributed by atoms with E-state index in [0.29, 0.717) is 32.8 Å². The van der Waals surface area contributed by atoms with Gasteiger partial charge in [-0.1, -0.05) is 48.0 Å². The Bertz CT molecular complexity index is 1510. The predicted octanol–water partition coefficient (Wildman–Crippen LogP) is 5.39. The topological polar surface area (TPSA) is 120 Å². The summed E-state index contributed by atoms with van der Waals surface area (Å²) >= 11 is 4.50. The van der Waals surface area contributed by atoms with Crippen molar-refractivity contribution < 1.29 is 17.7 Å². The third-order valence-corrected chi connectivity index (χ3v) is 6.64. The Kier molecular flexibility index (Phi) is 7.23. The van der Waals surface area contributed by atoms with E-state index in [-0.39, 0.29) is 16.3 Å². The first-order chi connectivity index (χ1) is 16.8. The van der Waals surface area contributed by atoms with Crippen molar-refractivity contribution >= 4 is 56.4 Å². The number of carbonyl (C=O) groups excluding carboxylic acids is 1. The van der Waals surface area contributed by atoms with Gasteiger partial charge in [-0.2, -0.15) is 10.2 Å². The van der Waals surface area contributed by atoms with Gasteiger partial charge in [-0.05, 0) is 59.3 Å². The van der Waals surface area contributed by atoms with Gasteiger partial charge in [0.15, 0.2) is 5.83 Å². The molecule has 5 N–H and O–H groups in total. The molecule has 0 saturated heterocycles. The number of hydrogen-bond donors (Lipinski definition) is 3. The van der Waals surface area contributed by atoms with Gasteiger partial charge in [0.1, 0.15) is 5.82 Å². The van der Waals surface area contributed by atoms with E-state index in [0.717, 1.165) is 5.39 Å². The summed E-state index contributed by atoms with van der Waals surface area (Å²) < 4.78 is 31.6. The standard InChI is InChI=1S/C25H20ClFN4O3S/c1-14(16-7-6-15-10-11-30-24(28)19(15)12-16)23(27)25(32)31-21-9-8-17(13-20(21)26)18-4-2-3-5-22(18)35(33)34-29/h2-13H,29H2,1H3,(H2,28,30)(H,31,32). The van der Waals surface area contributed by atoms with Gasteiger partial charge in [-0.3, -0.25) is 4.79 Å². The van der Waals surface area contributed by atoms with Crippen LogP contribution in [0.15, 0.2) is 83.6 Å². The first-order valence-electron chi connectivity index (χ1n) is 10.3. The van der Waals surface area contributed by atoms with E-state index in [1.54, 1.807) is 66.9 Å². The van der Waals surface area contributed by atoms with Crippen molar-refractivity contribution in [2.24, 2.45) is 5.90 Å². The zero-order chi connectivity index (χ0) is 25.1. The number of pyridine rings is 1. The van der Waals surface area contributed by atoms with Crippen LogP contribution in [-0.4, -0.2) is 15.1 Å². The summed E-state index contributed by atoms with van der Waals surface area (Å²) in [6.07, 6.45) is 1.59. The minimum atomic E-state index is -1.87. The molecule has 1 heterocycles. The monoisotopic (exact) mass is 510 g/mol. The van der Waals surface area contributed by atoms with Crippen molar-refractivity contribution in [2.75, 3.05) is 11.1 Å². The van der Waals surface area contributed by atoms with Crippen LogP contribution in [0.3, 0.4) is 0 Å². The molecule has 0 aliphatic rings. The maximum Gasteiger partial charge on any atom is 0.284 e. The molecule has 4 rings (SSSR count). The van der Waals surface area contributed by atoms with Crippen molar-refractivity contribution in [1.82, 2.24) is 4.98 Å². The second-order valence-electron chi connectivity index (χ2n) is 7.55. The van der Waals surface area contributed by atoms with E-state index in [1.165, 1.54) is 13.0 Å². The molecule has 0 aliphatic heterocycles. The smallest absolute Gasteiger partial charge is 0.284 e. The number of halogens is 2. The van der Waals surface area contributed by atoms with Gasteiger partial charge >= 0.3 is 0 Å². The second kappa shape index (κ2) is 10.3. The number of allylic oxidation sites excluding steroid dienone is 1. The number of carbonyl (C=O) groups is 1. The van der Waals surface area contributed by atoms with Crippen LogP contribution in [0.1, 0.15) is 12.5 Å². The van der Waals surface area contributed by atoms with E-state index >= 15 is 4.39 Å². The van der Waals surface area contributed by atoms with E-state index in [4.69, 9.17) is 23.2 Å². The summed E-state index contributed by atoms with van der Waals surface area (Å²) in [5.74, 6) is 3.47. The molecule has 0 saturated carbocycles. The molecule has 7 nitrogen and oxygen atoms in total. The van der Waals surface area contributed by atoms with E-state index in [1.807, 2.05) is 0 Å².